The molecule has 2 aromatic carbocycles. The van der Waals surface area contributed by atoms with E-state index in [1.807, 2.05) is 24.3 Å². The molecule has 1 fully saturated rings. The van der Waals surface area contributed by atoms with Gasteiger partial charge in [-0.15, -0.1) is 0 Å². The molecule has 0 aliphatic carbocycles. The molecule has 9 heteroatoms. The Bertz CT molecular complexity index is 1260. The van der Waals surface area contributed by atoms with E-state index in [2.05, 4.69) is 4.90 Å². The third kappa shape index (κ3) is 5.74. The summed E-state index contributed by atoms with van der Waals surface area (Å²) in [7, 11) is -3.79. The number of ether oxygens (including phenoxy) is 1. The van der Waals surface area contributed by atoms with Gasteiger partial charge in [0.25, 0.3) is 15.9 Å². The Morgan fingerprint density at radius 1 is 1.06 bits per heavy atom. The van der Waals surface area contributed by atoms with E-state index >= 15 is 0 Å². The molecule has 0 unspecified atom stereocenters. The zero-order valence-electron chi connectivity index (χ0n) is 18.6. The summed E-state index contributed by atoms with van der Waals surface area (Å²) in [4.78, 5) is 13.7. The molecule has 2 heterocycles. The van der Waals surface area contributed by atoms with Gasteiger partial charge in [0.2, 0.25) is 0 Å². The number of aromatic nitrogens is 1. The Morgan fingerprint density at radius 3 is 2.56 bits per heavy atom. The minimum absolute atomic E-state index is 0.147. The summed E-state index contributed by atoms with van der Waals surface area (Å²) in [6.45, 7) is 3.84. The summed E-state index contributed by atoms with van der Waals surface area (Å²) in [5.41, 5.74) is 3.81. The Balaban J connectivity index is 1.44. The van der Waals surface area contributed by atoms with Gasteiger partial charge in [-0.25, -0.2) is 17.9 Å². The zero-order valence-corrected chi connectivity index (χ0v) is 19.4. The molecule has 1 aliphatic rings. The molecule has 4 rings (SSSR count). The number of hydroxylamine groups is 1. The second kappa shape index (κ2) is 10.7. The van der Waals surface area contributed by atoms with Crippen molar-refractivity contribution in [2.24, 2.45) is 0 Å². The van der Waals surface area contributed by atoms with E-state index in [0.717, 1.165) is 46.6 Å². The fourth-order valence-electron chi connectivity index (χ4n) is 3.86. The molecule has 34 heavy (non-hydrogen) atoms. The van der Waals surface area contributed by atoms with Crippen LogP contribution in [0.5, 0.6) is 5.75 Å². The molecule has 1 saturated heterocycles. The average molecular weight is 482 g/mol. The predicted octanol–water partition coefficient (Wildman–Crippen LogP) is 3.39. The van der Waals surface area contributed by atoms with Gasteiger partial charge < -0.3 is 4.74 Å². The van der Waals surface area contributed by atoms with Crippen LogP contribution in [0.1, 0.15) is 18.4 Å². The van der Waals surface area contributed by atoms with E-state index in [1.54, 1.807) is 30.3 Å². The molecule has 8 nitrogen and oxygen atoms in total. The highest BCUT2D eigenvalue weighted by atomic mass is 32.2. The highest BCUT2D eigenvalue weighted by molar-refractivity contribution is 7.90. The largest absolute Gasteiger partial charge is 0.492 e. The molecular weight excluding hydrogens is 454 g/mol. The maximum Gasteiger partial charge on any atom is 0.267 e. The van der Waals surface area contributed by atoms with Crippen LogP contribution in [-0.4, -0.2) is 54.6 Å². The average Bonchev–Trinajstić information content (AvgIpc) is 3.55. The summed E-state index contributed by atoms with van der Waals surface area (Å²) in [6, 6.07) is 16.0. The monoisotopic (exact) mass is 481 g/mol. The first-order chi connectivity index (χ1) is 16.5. The van der Waals surface area contributed by atoms with Crippen LogP contribution >= 0.6 is 0 Å². The van der Waals surface area contributed by atoms with Crippen LogP contribution < -0.4 is 10.2 Å². The van der Waals surface area contributed by atoms with Gasteiger partial charge in [-0.1, -0.05) is 24.3 Å². The van der Waals surface area contributed by atoms with Crippen molar-refractivity contribution in [3.8, 4) is 16.9 Å². The number of carbonyl (C=O) groups excluding carboxylic acids is 1. The Labute approximate surface area is 199 Å². The van der Waals surface area contributed by atoms with Crippen molar-refractivity contribution < 1.29 is 23.2 Å². The van der Waals surface area contributed by atoms with Gasteiger partial charge in [0.05, 0.1) is 4.90 Å². The van der Waals surface area contributed by atoms with E-state index in [1.165, 1.54) is 36.8 Å². The van der Waals surface area contributed by atoms with Crippen molar-refractivity contribution in [3.05, 3.63) is 78.6 Å². The zero-order chi connectivity index (χ0) is 24.0. The quantitative estimate of drug-likeness (QED) is 0.276. The standard InChI is InChI=1S/C25H27N3O5S/c29-25(26-30)11-6-20-12-15-28(19-20)34(31,32)24-9-7-21(8-10-24)22-4-3-5-23(18-22)33-17-16-27-13-1-2-14-27/h3-12,15,18-19,30H,1-2,13-14,16-17H2,(H,26,29)/b11-6+. The highest BCUT2D eigenvalue weighted by Crippen LogP contribution is 2.26. The molecular formula is C25H27N3O5S. The Morgan fingerprint density at radius 2 is 1.82 bits per heavy atom. The summed E-state index contributed by atoms with van der Waals surface area (Å²) in [5, 5.41) is 8.53. The second-order valence-corrected chi connectivity index (χ2v) is 9.88. The minimum atomic E-state index is -3.79. The summed E-state index contributed by atoms with van der Waals surface area (Å²) >= 11 is 0. The van der Waals surface area contributed by atoms with Gasteiger partial charge in [0.15, 0.2) is 0 Å². The fourth-order valence-corrected chi connectivity index (χ4v) is 5.06. The molecule has 1 aliphatic heterocycles. The third-order valence-electron chi connectivity index (χ3n) is 5.70. The molecule has 1 amide bonds. The lowest BCUT2D eigenvalue weighted by Gasteiger charge is -2.15. The van der Waals surface area contributed by atoms with E-state index < -0.39 is 15.9 Å². The summed E-state index contributed by atoms with van der Waals surface area (Å²) in [5.74, 6) is 0.0865. The maximum absolute atomic E-state index is 13.0. The van der Waals surface area contributed by atoms with Crippen molar-refractivity contribution >= 4 is 22.0 Å². The molecule has 178 valence electrons. The smallest absolute Gasteiger partial charge is 0.267 e. The molecule has 0 bridgehead atoms. The topological polar surface area (TPSA) is 101 Å². The first kappa shape index (κ1) is 23.7. The van der Waals surface area contributed by atoms with E-state index in [0.29, 0.717) is 12.2 Å². The SMILES string of the molecule is O=C(/C=C/c1ccn(S(=O)(=O)c2ccc(-c3cccc(OCCN4CCCC4)c3)cc2)c1)NO. The molecule has 0 spiro atoms. The van der Waals surface area contributed by atoms with Crippen molar-refractivity contribution in [2.45, 2.75) is 17.7 Å². The number of hydrogen-bond acceptors (Lipinski definition) is 6. The van der Waals surface area contributed by atoms with Crippen LogP contribution in [0.3, 0.4) is 0 Å². The van der Waals surface area contributed by atoms with Crippen LogP contribution in [0, 0.1) is 0 Å². The van der Waals surface area contributed by atoms with Crippen molar-refractivity contribution in [1.82, 2.24) is 14.4 Å². The van der Waals surface area contributed by atoms with Crippen LogP contribution in [0.4, 0.5) is 0 Å². The molecule has 2 N–H and O–H groups in total. The lowest BCUT2D eigenvalue weighted by atomic mass is 10.1. The number of hydrogen-bond donors (Lipinski definition) is 2. The first-order valence-electron chi connectivity index (χ1n) is 11.1. The van der Waals surface area contributed by atoms with Crippen molar-refractivity contribution in [3.63, 3.8) is 0 Å². The van der Waals surface area contributed by atoms with Gasteiger partial charge in [0.1, 0.15) is 12.4 Å². The van der Waals surface area contributed by atoms with Gasteiger partial charge in [0, 0.05) is 25.0 Å². The number of amides is 1. The second-order valence-electron chi connectivity index (χ2n) is 8.04. The molecule has 3 aromatic rings. The predicted molar refractivity (Wildman–Crippen MR) is 129 cm³/mol. The van der Waals surface area contributed by atoms with Crippen LogP contribution in [-0.2, 0) is 14.8 Å². The lowest BCUT2D eigenvalue weighted by Crippen LogP contribution is -2.25. The van der Waals surface area contributed by atoms with Crippen LogP contribution in [0.15, 0.2) is 78.0 Å². The number of rotatable bonds is 9. The van der Waals surface area contributed by atoms with E-state index in [9.17, 15) is 13.2 Å². The molecule has 0 radical (unpaired) electrons. The van der Waals surface area contributed by atoms with Gasteiger partial charge >= 0.3 is 0 Å². The van der Waals surface area contributed by atoms with Crippen molar-refractivity contribution in [1.29, 1.82) is 0 Å². The van der Waals surface area contributed by atoms with Crippen LogP contribution in [0.25, 0.3) is 17.2 Å². The summed E-state index contributed by atoms with van der Waals surface area (Å²) < 4.78 is 32.9. The Hall–Kier alpha value is -3.40. The first-order valence-corrected chi connectivity index (χ1v) is 12.5. The molecule has 1 aromatic heterocycles. The normalized spacial score (nSPS) is 14.5. The van der Waals surface area contributed by atoms with Gasteiger partial charge in [-0.3, -0.25) is 14.9 Å². The lowest BCUT2D eigenvalue weighted by molar-refractivity contribution is -0.124. The fraction of sp³-hybridized carbons (Fsp3) is 0.240. The summed E-state index contributed by atoms with van der Waals surface area (Å²) in [6.07, 6.45) is 7.82. The highest BCUT2D eigenvalue weighted by Gasteiger charge is 2.17. The third-order valence-corrected chi connectivity index (χ3v) is 7.35. The minimum Gasteiger partial charge on any atom is -0.492 e. The van der Waals surface area contributed by atoms with Crippen LogP contribution in [0.2, 0.25) is 0 Å². The number of nitrogens with zero attached hydrogens (tertiary/aromatic N) is 2. The number of benzene rings is 2. The number of carbonyl (C=O) groups is 1. The number of likely N-dealkylation sites (tertiary alicyclic amines) is 1. The van der Waals surface area contributed by atoms with Gasteiger partial charge in [-0.2, -0.15) is 0 Å². The molecule has 0 saturated carbocycles. The Kier molecular flexibility index (Phi) is 7.46. The molecule has 0 atom stereocenters. The van der Waals surface area contributed by atoms with E-state index in [4.69, 9.17) is 9.94 Å². The van der Waals surface area contributed by atoms with E-state index in [-0.39, 0.29) is 4.90 Å². The van der Waals surface area contributed by atoms with Gasteiger partial charge in [-0.05, 0) is 79.0 Å². The van der Waals surface area contributed by atoms with Crippen molar-refractivity contribution in [2.75, 3.05) is 26.2 Å². The maximum atomic E-state index is 13.0. The number of nitrogens with one attached hydrogen (secondary N) is 1.